The molecule has 0 atom stereocenters. The average Bonchev–Trinajstić information content (AvgIpc) is 3.26. The van der Waals surface area contributed by atoms with Crippen LogP contribution in [0.1, 0.15) is 29.8 Å². The third-order valence-corrected chi connectivity index (χ3v) is 5.73. The van der Waals surface area contributed by atoms with Crippen molar-refractivity contribution in [1.82, 2.24) is 10.1 Å². The summed E-state index contributed by atoms with van der Waals surface area (Å²) < 4.78 is 30.0. The first-order valence-corrected chi connectivity index (χ1v) is 11.0. The summed E-state index contributed by atoms with van der Waals surface area (Å²) in [6, 6.07) is 13.1. The van der Waals surface area contributed by atoms with Gasteiger partial charge < -0.3 is 23.8 Å². The van der Waals surface area contributed by atoms with Gasteiger partial charge in [-0.05, 0) is 62.4 Å². The van der Waals surface area contributed by atoms with Crippen LogP contribution in [0, 0.1) is 5.82 Å². The number of morpholine rings is 1. The maximum absolute atomic E-state index is 13.5. The van der Waals surface area contributed by atoms with Crippen molar-refractivity contribution in [3.63, 3.8) is 0 Å². The summed E-state index contributed by atoms with van der Waals surface area (Å²) in [5, 5.41) is 4.32. The third-order valence-electron chi connectivity index (χ3n) is 5.73. The van der Waals surface area contributed by atoms with E-state index in [2.05, 4.69) is 10.1 Å². The number of halogens is 1. The predicted molar refractivity (Wildman–Crippen MR) is 123 cm³/mol. The minimum atomic E-state index is -0.323. The number of hydrogen-bond acceptors (Lipinski definition) is 6. The third kappa shape index (κ3) is 5.01. The van der Waals surface area contributed by atoms with E-state index < -0.39 is 0 Å². The van der Waals surface area contributed by atoms with Crippen LogP contribution in [-0.2, 0) is 11.3 Å². The molecule has 1 aliphatic heterocycles. The summed E-state index contributed by atoms with van der Waals surface area (Å²) in [5.74, 6) is 0.878. The van der Waals surface area contributed by atoms with Crippen LogP contribution in [-0.4, -0.2) is 55.4 Å². The second-order valence-corrected chi connectivity index (χ2v) is 8.18. The van der Waals surface area contributed by atoms with Crippen molar-refractivity contribution in [3.8, 4) is 17.0 Å². The Morgan fingerprint density at radius 1 is 1.12 bits per heavy atom. The molecule has 2 aromatic carbocycles. The van der Waals surface area contributed by atoms with Crippen molar-refractivity contribution < 1.29 is 23.2 Å². The van der Waals surface area contributed by atoms with Crippen LogP contribution in [0.4, 0.5) is 10.3 Å². The number of ether oxygens (including phenoxy) is 2. The number of benzene rings is 2. The Kier molecular flexibility index (Phi) is 6.93. The molecule has 1 saturated heterocycles. The second-order valence-electron chi connectivity index (χ2n) is 8.18. The number of anilines is 1. The zero-order chi connectivity index (χ0) is 23.4. The van der Waals surface area contributed by atoms with Crippen molar-refractivity contribution in [3.05, 3.63) is 65.5 Å². The summed E-state index contributed by atoms with van der Waals surface area (Å²) in [7, 11) is 1.59. The Morgan fingerprint density at radius 3 is 2.39 bits per heavy atom. The van der Waals surface area contributed by atoms with E-state index in [0.29, 0.717) is 55.7 Å². The van der Waals surface area contributed by atoms with Gasteiger partial charge in [0.2, 0.25) is 5.88 Å². The largest absolute Gasteiger partial charge is 0.497 e. The fraction of sp³-hybridized carbons (Fsp3) is 0.360. The highest BCUT2D eigenvalue weighted by atomic mass is 19.1. The molecule has 174 valence electrons. The molecule has 0 bridgehead atoms. The minimum absolute atomic E-state index is 0.0758. The molecule has 3 aromatic rings. The quantitative estimate of drug-likeness (QED) is 0.529. The molecule has 0 saturated carbocycles. The molecule has 4 rings (SSSR count). The van der Waals surface area contributed by atoms with Crippen molar-refractivity contribution in [2.45, 2.75) is 26.4 Å². The molecule has 0 radical (unpaired) electrons. The molecule has 7 nitrogen and oxygen atoms in total. The number of methoxy groups -OCH3 is 1. The molecule has 1 aromatic heterocycles. The van der Waals surface area contributed by atoms with Crippen LogP contribution >= 0.6 is 0 Å². The van der Waals surface area contributed by atoms with E-state index in [-0.39, 0.29) is 17.8 Å². The van der Waals surface area contributed by atoms with Gasteiger partial charge in [-0.3, -0.25) is 4.79 Å². The fourth-order valence-electron chi connectivity index (χ4n) is 3.85. The molecule has 0 unspecified atom stereocenters. The molecule has 8 heteroatoms. The van der Waals surface area contributed by atoms with Crippen molar-refractivity contribution in [2.24, 2.45) is 0 Å². The van der Waals surface area contributed by atoms with E-state index >= 15 is 0 Å². The van der Waals surface area contributed by atoms with Gasteiger partial charge in [-0.25, -0.2) is 4.39 Å². The molecule has 1 amide bonds. The number of amides is 1. The molecule has 33 heavy (non-hydrogen) atoms. The summed E-state index contributed by atoms with van der Waals surface area (Å²) >= 11 is 0. The van der Waals surface area contributed by atoms with Crippen LogP contribution in [0.15, 0.2) is 53.1 Å². The second kappa shape index (κ2) is 10.0. The number of aromatic nitrogens is 1. The molecule has 1 fully saturated rings. The van der Waals surface area contributed by atoms with Gasteiger partial charge in [0, 0.05) is 30.3 Å². The Hall–Kier alpha value is -3.39. The normalized spacial score (nSPS) is 13.9. The Balaban J connectivity index is 1.71. The Bertz CT molecular complexity index is 1070. The lowest BCUT2D eigenvalue weighted by molar-refractivity contribution is 0.0690. The smallest absolute Gasteiger partial charge is 0.254 e. The number of carbonyl (C=O) groups excluding carboxylic acids is 1. The predicted octanol–water partition coefficient (Wildman–Crippen LogP) is 4.38. The Labute approximate surface area is 192 Å². The monoisotopic (exact) mass is 453 g/mol. The van der Waals surface area contributed by atoms with E-state index in [0.717, 1.165) is 11.1 Å². The van der Waals surface area contributed by atoms with E-state index in [1.54, 1.807) is 48.4 Å². The van der Waals surface area contributed by atoms with E-state index in [9.17, 15) is 9.18 Å². The Morgan fingerprint density at radius 2 is 1.79 bits per heavy atom. The van der Waals surface area contributed by atoms with Crippen molar-refractivity contribution >= 4 is 11.8 Å². The number of rotatable bonds is 7. The number of carbonyl (C=O) groups is 1. The molecule has 2 heterocycles. The highest BCUT2D eigenvalue weighted by Crippen LogP contribution is 2.34. The van der Waals surface area contributed by atoms with Crippen LogP contribution < -0.4 is 9.64 Å². The van der Waals surface area contributed by atoms with Gasteiger partial charge in [-0.2, -0.15) is 0 Å². The zero-order valence-corrected chi connectivity index (χ0v) is 19.1. The molecular formula is C25H28FN3O4. The summed E-state index contributed by atoms with van der Waals surface area (Å²) in [6.45, 7) is 6.75. The van der Waals surface area contributed by atoms with Gasteiger partial charge in [0.25, 0.3) is 5.91 Å². The molecule has 0 N–H and O–H groups in total. The van der Waals surface area contributed by atoms with Gasteiger partial charge >= 0.3 is 0 Å². The minimum Gasteiger partial charge on any atom is -0.497 e. The maximum Gasteiger partial charge on any atom is 0.254 e. The van der Waals surface area contributed by atoms with Gasteiger partial charge in [0.05, 0.1) is 32.4 Å². The topological polar surface area (TPSA) is 68.0 Å². The summed E-state index contributed by atoms with van der Waals surface area (Å²) in [4.78, 5) is 17.3. The summed E-state index contributed by atoms with van der Waals surface area (Å²) in [5.41, 5.74) is 2.69. The lowest BCUT2D eigenvalue weighted by Crippen LogP contribution is -2.39. The van der Waals surface area contributed by atoms with E-state index in [1.807, 2.05) is 13.8 Å². The first-order chi connectivity index (χ1) is 16.0. The van der Waals surface area contributed by atoms with Crippen LogP contribution in [0.2, 0.25) is 0 Å². The molecule has 0 aliphatic carbocycles. The van der Waals surface area contributed by atoms with Crippen LogP contribution in [0.5, 0.6) is 5.75 Å². The maximum atomic E-state index is 13.5. The lowest BCUT2D eigenvalue weighted by atomic mass is 10.0. The van der Waals surface area contributed by atoms with Crippen LogP contribution in [0.25, 0.3) is 11.3 Å². The van der Waals surface area contributed by atoms with Gasteiger partial charge in [0.1, 0.15) is 17.3 Å². The molecule has 0 spiro atoms. The lowest BCUT2D eigenvalue weighted by Gasteiger charge is -2.30. The summed E-state index contributed by atoms with van der Waals surface area (Å²) in [6.07, 6.45) is 0. The first kappa shape index (κ1) is 22.8. The van der Waals surface area contributed by atoms with Crippen LogP contribution in [0.3, 0.4) is 0 Å². The average molecular weight is 454 g/mol. The number of nitrogens with zero attached hydrogens (tertiary/aromatic N) is 3. The van der Waals surface area contributed by atoms with Gasteiger partial charge in [0.15, 0.2) is 0 Å². The first-order valence-electron chi connectivity index (χ1n) is 11.0. The SMILES string of the molecule is COc1ccc(C(=O)N(Cc2c(-c3ccc(F)cc3)noc2N2CCOCC2)C(C)C)cc1. The van der Waals surface area contributed by atoms with E-state index in [1.165, 1.54) is 12.1 Å². The molecule has 1 aliphatic rings. The molecular weight excluding hydrogens is 425 g/mol. The standard InChI is InChI=1S/C25H28FN3O4/c1-17(2)29(24(30)19-6-10-21(31-3)11-7-19)16-22-23(18-4-8-20(26)9-5-18)27-33-25(22)28-12-14-32-15-13-28/h4-11,17H,12-16H2,1-3H3. The highest BCUT2D eigenvalue weighted by molar-refractivity contribution is 5.94. The van der Waals surface area contributed by atoms with Crippen molar-refractivity contribution in [2.75, 3.05) is 38.3 Å². The van der Waals surface area contributed by atoms with Gasteiger partial charge in [-0.1, -0.05) is 5.16 Å². The zero-order valence-electron chi connectivity index (χ0n) is 19.1. The highest BCUT2D eigenvalue weighted by Gasteiger charge is 2.28. The number of hydrogen-bond donors (Lipinski definition) is 0. The van der Waals surface area contributed by atoms with Gasteiger partial charge in [-0.15, -0.1) is 0 Å². The van der Waals surface area contributed by atoms with E-state index in [4.69, 9.17) is 14.0 Å². The van der Waals surface area contributed by atoms with Crippen molar-refractivity contribution in [1.29, 1.82) is 0 Å². The fourth-order valence-corrected chi connectivity index (χ4v) is 3.85.